The van der Waals surface area contributed by atoms with Crippen molar-refractivity contribution in [1.82, 2.24) is 10.6 Å². The maximum atomic E-state index is 12.8. The van der Waals surface area contributed by atoms with Crippen LogP contribution >= 0.6 is 0 Å². The van der Waals surface area contributed by atoms with Crippen molar-refractivity contribution in [3.8, 4) is 11.5 Å². The number of hydrogen-bond donors (Lipinski definition) is 2. The van der Waals surface area contributed by atoms with E-state index in [9.17, 15) is 14.4 Å². The summed E-state index contributed by atoms with van der Waals surface area (Å²) in [7, 11) is 2.87. The lowest BCUT2D eigenvalue weighted by Gasteiger charge is -2.18. The Hall–Kier alpha value is -3.55. The van der Waals surface area contributed by atoms with Crippen molar-refractivity contribution in [2.24, 2.45) is 0 Å². The van der Waals surface area contributed by atoms with Gasteiger partial charge in [-0.2, -0.15) is 0 Å². The standard InChI is InChI=1S/C20H22N2O6/c1-4-21-20(25)22-18(23)17(13-8-6-5-7-9-13)28-19(24)15-12-14(26-2)10-11-16(15)27-3/h5-12,17H,4H2,1-3H3,(H2,21,22,23,25)/t17-/m1/s1. The molecule has 3 amide bonds. The van der Waals surface area contributed by atoms with E-state index in [2.05, 4.69) is 10.6 Å². The Kier molecular flexibility index (Phi) is 7.38. The lowest BCUT2D eigenvalue weighted by molar-refractivity contribution is -0.129. The summed E-state index contributed by atoms with van der Waals surface area (Å²) in [6.07, 6.45) is -1.33. The SMILES string of the molecule is CCNC(=O)NC(=O)[C@H](OC(=O)c1cc(OC)ccc1OC)c1ccccc1. The van der Waals surface area contributed by atoms with Crippen molar-refractivity contribution in [1.29, 1.82) is 0 Å². The van der Waals surface area contributed by atoms with Crippen LogP contribution in [-0.2, 0) is 9.53 Å². The molecule has 0 saturated heterocycles. The highest BCUT2D eigenvalue weighted by Gasteiger charge is 2.28. The largest absolute Gasteiger partial charge is 0.497 e. The molecule has 0 fully saturated rings. The Labute approximate surface area is 162 Å². The van der Waals surface area contributed by atoms with Crippen LogP contribution in [0.5, 0.6) is 11.5 Å². The quantitative estimate of drug-likeness (QED) is 0.709. The van der Waals surface area contributed by atoms with Gasteiger partial charge in [0.2, 0.25) is 6.10 Å². The second-order valence-corrected chi connectivity index (χ2v) is 5.61. The number of esters is 1. The number of ether oxygens (including phenoxy) is 3. The third-order valence-electron chi connectivity index (χ3n) is 3.77. The predicted octanol–water partition coefficient (Wildman–Crippen LogP) is 2.45. The van der Waals surface area contributed by atoms with E-state index in [1.165, 1.54) is 20.3 Å². The minimum absolute atomic E-state index is 0.0913. The number of urea groups is 1. The Morgan fingerprint density at radius 1 is 1.00 bits per heavy atom. The van der Waals surface area contributed by atoms with Gasteiger partial charge in [-0.25, -0.2) is 9.59 Å². The van der Waals surface area contributed by atoms with Gasteiger partial charge in [-0.3, -0.25) is 10.1 Å². The fraction of sp³-hybridized carbons (Fsp3) is 0.250. The first kappa shape index (κ1) is 20.8. The minimum atomic E-state index is -1.33. The molecule has 0 radical (unpaired) electrons. The lowest BCUT2D eigenvalue weighted by Crippen LogP contribution is -2.42. The Morgan fingerprint density at radius 2 is 1.71 bits per heavy atom. The van der Waals surface area contributed by atoms with Crippen molar-refractivity contribution >= 4 is 17.9 Å². The highest BCUT2D eigenvalue weighted by Crippen LogP contribution is 2.27. The topological polar surface area (TPSA) is 103 Å². The molecule has 8 heteroatoms. The van der Waals surface area contributed by atoms with E-state index >= 15 is 0 Å². The molecular formula is C20H22N2O6. The molecule has 0 aliphatic carbocycles. The van der Waals surface area contributed by atoms with Gasteiger partial charge in [0.1, 0.15) is 17.1 Å². The summed E-state index contributed by atoms with van der Waals surface area (Å²) in [5, 5.41) is 4.62. The molecule has 1 atom stereocenters. The van der Waals surface area contributed by atoms with Crippen LogP contribution in [0, 0.1) is 0 Å². The van der Waals surface area contributed by atoms with Gasteiger partial charge in [0.05, 0.1) is 14.2 Å². The van der Waals surface area contributed by atoms with Crippen molar-refractivity contribution in [2.45, 2.75) is 13.0 Å². The molecule has 28 heavy (non-hydrogen) atoms. The molecule has 8 nitrogen and oxygen atoms in total. The van der Waals surface area contributed by atoms with E-state index in [4.69, 9.17) is 14.2 Å². The Morgan fingerprint density at radius 3 is 2.32 bits per heavy atom. The zero-order valence-electron chi connectivity index (χ0n) is 15.9. The van der Waals surface area contributed by atoms with Crippen LogP contribution in [-0.4, -0.2) is 38.7 Å². The number of amides is 3. The summed E-state index contributed by atoms with van der Waals surface area (Å²) in [5.74, 6) is -0.874. The van der Waals surface area contributed by atoms with Crippen molar-refractivity contribution in [3.63, 3.8) is 0 Å². The zero-order valence-corrected chi connectivity index (χ0v) is 15.9. The smallest absolute Gasteiger partial charge is 0.343 e. The van der Waals surface area contributed by atoms with Gasteiger partial charge in [0.25, 0.3) is 5.91 Å². The molecule has 0 bridgehead atoms. The van der Waals surface area contributed by atoms with Crippen LogP contribution in [0.25, 0.3) is 0 Å². The summed E-state index contributed by atoms with van der Waals surface area (Å²) in [6.45, 7) is 2.06. The zero-order chi connectivity index (χ0) is 20.5. The lowest BCUT2D eigenvalue weighted by atomic mass is 10.1. The van der Waals surface area contributed by atoms with E-state index in [1.54, 1.807) is 49.4 Å². The van der Waals surface area contributed by atoms with Crippen LogP contribution in [0.15, 0.2) is 48.5 Å². The van der Waals surface area contributed by atoms with Crippen molar-refractivity contribution in [2.75, 3.05) is 20.8 Å². The maximum absolute atomic E-state index is 12.8. The highest BCUT2D eigenvalue weighted by atomic mass is 16.6. The van der Waals surface area contributed by atoms with Crippen LogP contribution < -0.4 is 20.1 Å². The number of carbonyl (C=O) groups excluding carboxylic acids is 3. The van der Waals surface area contributed by atoms with Crippen LogP contribution in [0.3, 0.4) is 0 Å². The van der Waals surface area contributed by atoms with Gasteiger partial charge in [-0.1, -0.05) is 30.3 Å². The number of nitrogens with one attached hydrogen (secondary N) is 2. The van der Waals surface area contributed by atoms with E-state index in [0.717, 1.165) is 0 Å². The van der Waals surface area contributed by atoms with Gasteiger partial charge in [0, 0.05) is 12.1 Å². The van der Waals surface area contributed by atoms with Crippen LogP contribution in [0.1, 0.15) is 28.9 Å². The molecule has 0 spiro atoms. The van der Waals surface area contributed by atoms with Crippen molar-refractivity contribution < 1.29 is 28.6 Å². The highest BCUT2D eigenvalue weighted by molar-refractivity contribution is 5.99. The third kappa shape index (κ3) is 5.23. The van der Waals surface area contributed by atoms with Crippen LogP contribution in [0.2, 0.25) is 0 Å². The molecular weight excluding hydrogens is 364 g/mol. The second-order valence-electron chi connectivity index (χ2n) is 5.61. The molecule has 0 aliphatic rings. The number of rotatable bonds is 7. The fourth-order valence-electron chi connectivity index (χ4n) is 2.43. The number of benzene rings is 2. The van der Waals surface area contributed by atoms with Gasteiger partial charge in [-0.05, 0) is 25.1 Å². The fourth-order valence-corrected chi connectivity index (χ4v) is 2.43. The van der Waals surface area contributed by atoms with E-state index < -0.39 is 24.0 Å². The second kappa shape index (κ2) is 9.96. The normalized spacial score (nSPS) is 11.1. The monoisotopic (exact) mass is 386 g/mol. The first-order valence-electron chi connectivity index (χ1n) is 8.56. The molecule has 2 N–H and O–H groups in total. The summed E-state index contributed by atoms with van der Waals surface area (Å²) in [4.78, 5) is 37.0. The average molecular weight is 386 g/mol. The summed E-state index contributed by atoms with van der Waals surface area (Å²) in [6, 6.07) is 12.4. The number of carbonyl (C=O) groups is 3. The van der Waals surface area contributed by atoms with E-state index in [1.807, 2.05) is 0 Å². The molecule has 2 aromatic carbocycles. The molecule has 2 aromatic rings. The van der Waals surface area contributed by atoms with Crippen molar-refractivity contribution in [3.05, 3.63) is 59.7 Å². The first-order chi connectivity index (χ1) is 13.5. The average Bonchev–Trinajstić information content (AvgIpc) is 2.71. The van der Waals surface area contributed by atoms with Gasteiger partial charge in [0.15, 0.2) is 0 Å². The summed E-state index contributed by atoms with van der Waals surface area (Å²) in [5.41, 5.74) is 0.508. The number of hydrogen-bond acceptors (Lipinski definition) is 6. The molecule has 148 valence electrons. The Bertz CT molecular complexity index is 838. The maximum Gasteiger partial charge on any atom is 0.343 e. The number of imide groups is 1. The molecule has 0 aliphatic heterocycles. The third-order valence-corrected chi connectivity index (χ3v) is 3.77. The summed E-state index contributed by atoms with van der Waals surface area (Å²) >= 11 is 0. The van der Waals surface area contributed by atoms with E-state index in [0.29, 0.717) is 17.9 Å². The molecule has 0 heterocycles. The molecule has 0 saturated carbocycles. The van der Waals surface area contributed by atoms with Gasteiger partial charge < -0.3 is 19.5 Å². The van der Waals surface area contributed by atoms with Crippen LogP contribution in [0.4, 0.5) is 4.79 Å². The first-order valence-corrected chi connectivity index (χ1v) is 8.56. The summed E-state index contributed by atoms with van der Waals surface area (Å²) < 4.78 is 15.8. The van der Waals surface area contributed by atoms with E-state index in [-0.39, 0.29) is 11.3 Å². The predicted molar refractivity (Wildman–Crippen MR) is 101 cm³/mol. The molecule has 0 unspecified atom stereocenters. The minimum Gasteiger partial charge on any atom is -0.497 e. The van der Waals surface area contributed by atoms with Gasteiger partial charge in [-0.15, -0.1) is 0 Å². The molecule has 0 aromatic heterocycles. The molecule has 2 rings (SSSR count). The Balaban J connectivity index is 2.31. The van der Waals surface area contributed by atoms with Gasteiger partial charge >= 0.3 is 12.0 Å². The number of methoxy groups -OCH3 is 2.